The number of nitrogens with one attached hydrogen (secondary N) is 2. The summed E-state index contributed by atoms with van der Waals surface area (Å²) in [5.74, 6) is -2.28. The third-order valence-corrected chi connectivity index (χ3v) is 4.83. The topological polar surface area (TPSA) is 89.5 Å². The Labute approximate surface area is 175 Å². The summed E-state index contributed by atoms with van der Waals surface area (Å²) in [4.78, 5) is 28.8. The maximum absolute atomic E-state index is 14.1. The van der Waals surface area contributed by atoms with Crippen molar-refractivity contribution >= 4 is 38.6 Å². The molecule has 11 heteroatoms. The van der Waals surface area contributed by atoms with Crippen LogP contribution in [0.2, 0.25) is 0 Å². The van der Waals surface area contributed by atoms with Crippen LogP contribution in [0.25, 0.3) is 10.2 Å². The SMILES string of the molecule is CCOC(=O)C(NC(=O)CC(C)C)(Nc1nc2ccc(OCC)cc2s1)C(F)(F)F. The summed E-state index contributed by atoms with van der Waals surface area (Å²) < 4.78 is 53.0. The summed E-state index contributed by atoms with van der Waals surface area (Å²) >= 11 is 0.895. The lowest BCUT2D eigenvalue weighted by Gasteiger charge is -2.34. The smallest absolute Gasteiger partial charge is 0.442 e. The van der Waals surface area contributed by atoms with Gasteiger partial charge in [0.05, 0.1) is 23.4 Å². The molecule has 1 unspecified atom stereocenters. The highest BCUT2D eigenvalue weighted by molar-refractivity contribution is 7.22. The van der Waals surface area contributed by atoms with Crippen LogP contribution < -0.4 is 15.4 Å². The van der Waals surface area contributed by atoms with Gasteiger partial charge in [0.15, 0.2) is 5.13 Å². The van der Waals surface area contributed by atoms with Crippen LogP contribution in [-0.4, -0.2) is 41.9 Å². The average molecular weight is 447 g/mol. The number of carbonyl (C=O) groups excluding carboxylic acids is 2. The molecule has 1 heterocycles. The standard InChI is InChI=1S/C19H24F3N3O4S/c1-5-28-12-7-8-13-14(10-12)30-17(23-13)25-18(19(20,21)22,16(27)29-6-2)24-15(26)9-11(3)4/h7-8,10-11H,5-6,9H2,1-4H3,(H,23,25)(H,24,26). The molecule has 0 aliphatic rings. The molecule has 0 fully saturated rings. The second-order valence-corrected chi connectivity index (χ2v) is 7.85. The van der Waals surface area contributed by atoms with Gasteiger partial charge in [0.25, 0.3) is 0 Å². The molecule has 0 radical (unpaired) electrons. The van der Waals surface area contributed by atoms with Crippen molar-refractivity contribution in [2.45, 2.75) is 46.0 Å². The fourth-order valence-corrected chi connectivity index (χ4v) is 3.59. The van der Waals surface area contributed by atoms with Crippen LogP contribution in [0.4, 0.5) is 18.3 Å². The second kappa shape index (κ2) is 9.50. The average Bonchev–Trinajstić information content (AvgIpc) is 3.01. The minimum atomic E-state index is -5.19. The van der Waals surface area contributed by atoms with E-state index in [9.17, 15) is 22.8 Å². The second-order valence-electron chi connectivity index (χ2n) is 6.82. The van der Waals surface area contributed by atoms with Gasteiger partial charge in [-0.05, 0) is 38.0 Å². The van der Waals surface area contributed by atoms with Crippen molar-refractivity contribution in [2.75, 3.05) is 18.5 Å². The third kappa shape index (κ3) is 5.32. The van der Waals surface area contributed by atoms with Gasteiger partial charge in [-0.25, -0.2) is 9.78 Å². The minimum Gasteiger partial charge on any atom is -0.494 e. The molecule has 0 saturated heterocycles. The van der Waals surface area contributed by atoms with E-state index in [0.717, 1.165) is 11.3 Å². The van der Waals surface area contributed by atoms with Crippen LogP contribution in [0.15, 0.2) is 18.2 Å². The zero-order valence-corrected chi connectivity index (χ0v) is 17.9. The van der Waals surface area contributed by atoms with Crippen molar-refractivity contribution in [2.24, 2.45) is 5.92 Å². The Morgan fingerprint density at radius 2 is 1.90 bits per heavy atom. The Kier molecular flexibility index (Phi) is 7.51. The quantitative estimate of drug-likeness (QED) is 0.445. The normalized spacial score (nSPS) is 13.7. The largest absolute Gasteiger partial charge is 0.494 e. The molecule has 0 saturated carbocycles. The molecule has 0 aliphatic carbocycles. The molecule has 2 aromatic rings. The molecule has 1 aromatic heterocycles. The lowest BCUT2D eigenvalue weighted by atomic mass is 10.1. The maximum atomic E-state index is 14.1. The van der Waals surface area contributed by atoms with E-state index in [1.54, 1.807) is 44.3 Å². The molecule has 1 atom stereocenters. The zero-order valence-electron chi connectivity index (χ0n) is 17.1. The molecule has 30 heavy (non-hydrogen) atoms. The number of aromatic nitrogens is 1. The number of hydrogen-bond acceptors (Lipinski definition) is 7. The van der Waals surface area contributed by atoms with E-state index in [0.29, 0.717) is 22.6 Å². The highest BCUT2D eigenvalue weighted by Crippen LogP contribution is 2.36. The lowest BCUT2D eigenvalue weighted by Crippen LogP contribution is -2.69. The van der Waals surface area contributed by atoms with Gasteiger partial charge >= 0.3 is 17.8 Å². The minimum absolute atomic E-state index is 0.198. The Bertz CT molecular complexity index is 901. The molecular formula is C19H24F3N3O4S. The first-order chi connectivity index (χ1) is 14.0. The van der Waals surface area contributed by atoms with E-state index in [1.807, 2.05) is 0 Å². The molecule has 2 N–H and O–H groups in total. The summed E-state index contributed by atoms with van der Waals surface area (Å²) in [5, 5.41) is 3.70. The van der Waals surface area contributed by atoms with E-state index >= 15 is 0 Å². The fraction of sp³-hybridized carbons (Fsp3) is 0.526. The first kappa shape index (κ1) is 23.7. The summed E-state index contributed by atoms with van der Waals surface area (Å²) in [6.45, 7) is 6.67. The highest BCUT2D eigenvalue weighted by Gasteiger charge is 2.64. The van der Waals surface area contributed by atoms with Crippen LogP contribution in [0.3, 0.4) is 0 Å². The Morgan fingerprint density at radius 1 is 1.20 bits per heavy atom. The van der Waals surface area contributed by atoms with Crippen LogP contribution in [0, 0.1) is 5.92 Å². The van der Waals surface area contributed by atoms with Crippen molar-refractivity contribution < 1.29 is 32.2 Å². The molecular weight excluding hydrogens is 423 g/mol. The van der Waals surface area contributed by atoms with Crippen molar-refractivity contribution in [3.63, 3.8) is 0 Å². The Balaban J connectivity index is 2.48. The van der Waals surface area contributed by atoms with Gasteiger partial charge in [-0.2, -0.15) is 13.2 Å². The van der Waals surface area contributed by atoms with E-state index in [1.165, 1.54) is 6.92 Å². The zero-order chi connectivity index (χ0) is 22.5. The molecule has 1 aromatic carbocycles. The summed E-state index contributed by atoms with van der Waals surface area (Å²) in [6, 6.07) is 4.87. The van der Waals surface area contributed by atoms with Gasteiger partial charge in [-0.1, -0.05) is 25.2 Å². The highest BCUT2D eigenvalue weighted by atomic mass is 32.1. The number of alkyl halides is 3. The van der Waals surface area contributed by atoms with Gasteiger partial charge in [0, 0.05) is 6.42 Å². The van der Waals surface area contributed by atoms with Crippen LogP contribution in [-0.2, 0) is 14.3 Å². The molecule has 166 valence electrons. The number of anilines is 1. The van der Waals surface area contributed by atoms with Gasteiger partial charge in [-0.15, -0.1) is 0 Å². The predicted octanol–water partition coefficient (Wildman–Crippen LogP) is 4.09. The molecule has 0 aliphatic heterocycles. The number of amides is 1. The molecule has 0 spiro atoms. The number of esters is 1. The van der Waals surface area contributed by atoms with Gasteiger partial charge in [0.1, 0.15) is 5.75 Å². The summed E-state index contributed by atoms with van der Waals surface area (Å²) in [7, 11) is 0. The van der Waals surface area contributed by atoms with Gasteiger partial charge in [-0.3, -0.25) is 4.79 Å². The van der Waals surface area contributed by atoms with Gasteiger partial charge < -0.3 is 20.1 Å². The van der Waals surface area contributed by atoms with Crippen molar-refractivity contribution in [1.82, 2.24) is 10.3 Å². The fourth-order valence-electron chi connectivity index (χ4n) is 2.64. The number of ether oxygens (including phenoxy) is 2. The monoisotopic (exact) mass is 447 g/mol. The molecule has 2 rings (SSSR count). The molecule has 0 bridgehead atoms. The van der Waals surface area contributed by atoms with E-state index in [-0.39, 0.29) is 24.1 Å². The first-order valence-electron chi connectivity index (χ1n) is 9.39. The Hall–Kier alpha value is -2.56. The van der Waals surface area contributed by atoms with Crippen LogP contribution >= 0.6 is 11.3 Å². The Morgan fingerprint density at radius 3 is 2.47 bits per heavy atom. The summed E-state index contributed by atoms with van der Waals surface area (Å²) in [5.41, 5.74) is -3.05. The third-order valence-electron chi connectivity index (χ3n) is 3.89. The van der Waals surface area contributed by atoms with E-state index < -0.39 is 23.7 Å². The predicted molar refractivity (Wildman–Crippen MR) is 107 cm³/mol. The number of fused-ring (bicyclic) bond motifs is 1. The number of benzene rings is 1. The lowest BCUT2D eigenvalue weighted by molar-refractivity contribution is -0.208. The number of rotatable bonds is 9. The van der Waals surface area contributed by atoms with Crippen molar-refractivity contribution in [3.05, 3.63) is 18.2 Å². The number of hydrogen-bond donors (Lipinski definition) is 2. The van der Waals surface area contributed by atoms with E-state index in [4.69, 9.17) is 4.74 Å². The first-order valence-corrected chi connectivity index (χ1v) is 10.2. The summed E-state index contributed by atoms with van der Waals surface area (Å²) in [6.07, 6.45) is -5.39. The van der Waals surface area contributed by atoms with Crippen molar-refractivity contribution in [3.8, 4) is 5.75 Å². The van der Waals surface area contributed by atoms with E-state index in [2.05, 4.69) is 15.0 Å². The van der Waals surface area contributed by atoms with Gasteiger partial charge in [0.2, 0.25) is 5.91 Å². The van der Waals surface area contributed by atoms with Crippen LogP contribution in [0.1, 0.15) is 34.1 Å². The van der Waals surface area contributed by atoms with Crippen LogP contribution in [0.5, 0.6) is 5.75 Å². The number of carbonyl (C=O) groups is 2. The number of halogens is 3. The molecule has 1 amide bonds. The maximum Gasteiger partial charge on any atom is 0.442 e. The number of thiazole rings is 1. The molecule has 7 nitrogen and oxygen atoms in total. The number of nitrogens with zero attached hydrogens (tertiary/aromatic N) is 1. The van der Waals surface area contributed by atoms with Crippen molar-refractivity contribution in [1.29, 1.82) is 0 Å².